The summed E-state index contributed by atoms with van der Waals surface area (Å²) in [5.41, 5.74) is -0.156. The molecule has 1 aromatic rings. The maximum Gasteiger partial charge on any atom is 0.408 e. The smallest absolute Gasteiger partial charge is 0.408 e. The minimum atomic E-state index is -0.651. The molecule has 0 spiro atoms. The quantitative estimate of drug-likeness (QED) is 0.822. The lowest BCUT2D eigenvalue weighted by molar-refractivity contribution is 0.0496. The molecule has 1 aromatic heterocycles. The Hall–Kier alpha value is -1.78. The van der Waals surface area contributed by atoms with Gasteiger partial charge in [0.15, 0.2) is 5.78 Å². The zero-order valence-electron chi connectivity index (χ0n) is 10.4. The van der Waals surface area contributed by atoms with Crippen molar-refractivity contribution in [3.63, 3.8) is 0 Å². The van der Waals surface area contributed by atoms with Crippen LogP contribution in [0.3, 0.4) is 0 Å². The van der Waals surface area contributed by atoms with Crippen LogP contribution < -0.4 is 5.32 Å². The van der Waals surface area contributed by atoms with Gasteiger partial charge < -0.3 is 14.5 Å². The molecule has 94 valence electrons. The van der Waals surface area contributed by atoms with Crippen molar-refractivity contribution in [1.82, 2.24) is 5.32 Å². The molecule has 1 rings (SSSR count). The molecule has 5 nitrogen and oxygen atoms in total. The average molecular weight is 239 g/mol. The molecule has 0 fully saturated rings. The highest BCUT2D eigenvalue weighted by atomic mass is 16.6. The van der Waals surface area contributed by atoms with Gasteiger partial charge in [0.2, 0.25) is 0 Å². The van der Waals surface area contributed by atoms with Crippen LogP contribution in [-0.2, 0) is 4.74 Å². The first-order chi connectivity index (χ1) is 7.79. The fourth-order valence-electron chi connectivity index (χ4n) is 1.20. The molecule has 1 N–H and O–H groups in total. The first-order valence-corrected chi connectivity index (χ1v) is 5.35. The molecular weight excluding hydrogens is 222 g/mol. The van der Waals surface area contributed by atoms with Crippen molar-refractivity contribution in [2.45, 2.75) is 39.3 Å². The SMILES string of the molecule is C[C@H](NC(=O)OC(C)(C)C)C(=O)c1ccoc1. The number of ketones is 1. The number of nitrogens with one attached hydrogen (secondary N) is 1. The van der Waals surface area contributed by atoms with E-state index in [-0.39, 0.29) is 5.78 Å². The van der Waals surface area contributed by atoms with Crippen molar-refractivity contribution in [2.75, 3.05) is 0 Å². The van der Waals surface area contributed by atoms with Gasteiger partial charge >= 0.3 is 6.09 Å². The average Bonchev–Trinajstić information content (AvgIpc) is 2.65. The van der Waals surface area contributed by atoms with Crippen molar-refractivity contribution in [3.8, 4) is 0 Å². The summed E-state index contributed by atoms with van der Waals surface area (Å²) in [4.78, 5) is 23.2. The van der Waals surface area contributed by atoms with Gasteiger partial charge in [-0.15, -0.1) is 0 Å². The topological polar surface area (TPSA) is 68.5 Å². The van der Waals surface area contributed by atoms with Gasteiger partial charge in [-0.3, -0.25) is 4.79 Å². The third-order valence-corrected chi connectivity index (χ3v) is 1.93. The maximum atomic E-state index is 11.8. The molecule has 1 amide bonds. The largest absolute Gasteiger partial charge is 0.472 e. The monoisotopic (exact) mass is 239 g/mol. The van der Waals surface area contributed by atoms with Gasteiger partial charge in [0.1, 0.15) is 11.9 Å². The molecule has 0 unspecified atom stereocenters. The first kappa shape index (κ1) is 13.3. The second-order valence-corrected chi connectivity index (χ2v) is 4.74. The number of rotatable bonds is 3. The molecule has 0 bridgehead atoms. The Bertz CT molecular complexity index is 389. The Balaban J connectivity index is 2.52. The molecule has 0 saturated heterocycles. The van der Waals surface area contributed by atoms with Crippen LogP contribution in [0.2, 0.25) is 0 Å². The van der Waals surface area contributed by atoms with Crippen molar-refractivity contribution in [2.24, 2.45) is 0 Å². The van der Waals surface area contributed by atoms with E-state index in [1.165, 1.54) is 12.5 Å². The summed E-state index contributed by atoms with van der Waals surface area (Å²) in [6.45, 7) is 6.87. The van der Waals surface area contributed by atoms with E-state index in [1.807, 2.05) is 0 Å². The molecule has 0 saturated carbocycles. The summed E-state index contributed by atoms with van der Waals surface area (Å²) >= 11 is 0. The molecule has 1 atom stereocenters. The van der Waals surface area contributed by atoms with Crippen LogP contribution in [0.4, 0.5) is 4.79 Å². The lowest BCUT2D eigenvalue weighted by Crippen LogP contribution is -2.41. The molecular formula is C12H17NO4. The highest BCUT2D eigenvalue weighted by Crippen LogP contribution is 2.08. The predicted molar refractivity (Wildman–Crippen MR) is 61.9 cm³/mol. The van der Waals surface area contributed by atoms with Crippen molar-refractivity contribution < 1.29 is 18.7 Å². The summed E-state index contributed by atoms with van der Waals surface area (Å²) in [6.07, 6.45) is 2.14. The fraction of sp³-hybridized carbons (Fsp3) is 0.500. The predicted octanol–water partition coefficient (Wildman–Crippen LogP) is 2.38. The van der Waals surface area contributed by atoms with Crippen molar-refractivity contribution in [3.05, 3.63) is 24.2 Å². The van der Waals surface area contributed by atoms with Gasteiger partial charge in [0.25, 0.3) is 0 Å². The highest BCUT2D eigenvalue weighted by Gasteiger charge is 2.22. The second kappa shape index (κ2) is 5.03. The Kier molecular flexibility index (Phi) is 3.93. The molecule has 17 heavy (non-hydrogen) atoms. The molecule has 0 aliphatic heterocycles. The third kappa shape index (κ3) is 4.30. The van der Waals surface area contributed by atoms with Crippen LogP contribution in [-0.4, -0.2) is 23.5 Å². The lowest BCUT2D eigenvalue weighted by atomic mass is 10.1. The summed E-state index contributed by atoms with van der Waals surface area (Å²) in [6, 6.07) is 0.901. The van der Waals surface area contributed by atoms with Gasteiger partial charge in [-0.25, -0.2) is 4.79 Å². The number of amides is 1. The molecule has 0 aliphatic carbocycles. The Morgan fingerprint density at radius 2 is 2.06 bits per heavy atom. The number of hydrogen-bond donors (Lipinski definition) is 1. The van der Waals surface area contributed by atoms with E-state index in [0.29, 0.717) is 5.56 Å². The number of alkyl carbamates (subject to hydrolysis) is 1. The molecule has 0 aromatic carbocycles. The first-order valence-electron chi connectivity index (χ1n) is 5.35. The van der Waals surface area contributed by atoms with E-state index >= 15 is 0 Å². The number of ether oxygens (including phenoxy) is 1. The van der Waals surface area contributed by atoms with E-state index in [4.69, 9.17) is 9.15 Å². The van der Waals surface area contributed by atoms with Gasteiger partial charge in [0.05, 0.1) is 17.9 Å². The Morgan fingerprint density at radius 3 is 2.53 bits per heavy atom. The van der Waals surface area contributed by atoms with Crippen LogP contribution in [0.15, 0.2) is 23.0 Å². The van der Waals surface area contributed by atoms with Crippen LogP contribution in [0.5, 0.6) is 0 Å². The number of hydrogen-bond acceptors (Lipinski definition) is 4. The normalized spacial score (nSPS) is 12.9. The summed E-state index contributed by atoms with van der Waals surface area (Å²) in [7, 11) is 0. The molecule has 1 heterocycles. The Morgan fingerprint density at radius 1 is 1.41 bits per heavy atom. The van der Waals surface area contributed by atoms with Gasteiger partial charge in [-0.05, 0) is 33.8 Å². The van der Waals surface area contributed by atoms with Gasteiger partial charge in [-0.1, -0.05) is 0 Å². The Labute approximate surface area is 100 Å². The summed E-state index contributed by atoms with van der Waals surface area (Å²) in [5, 5.41) is 2.47. The van der Waals surface area contributed by atoms with Crippen LogP contribution >= 0.6 is 0 Å². The minimum Gasteiger partial charge on any atom is -0.472 e. The van der Waals surface area contributed by atoms with E-state index in [1.54, 1.807) is 33.8 Å². The fourth-order valence-corrected chi connectivity index (χ4v) is 1.20. The standard InChI is InChI=1S/C12H17NO4/c1-8(10(14)9-5-6-16-7-9)13-11(15)17-12(2,3)4/h5-8H,1-4H3,(H,13,15)/t8-/m0/s1. The van der Waals surface area contributed by atoms with Crippen molar-refractivity contribution >= 4 is 11.9 Å². The number of furan rings is 1. The second-order valence-electron chi connectivity index (χ2n) is 4.74. The molecule has 5 heteroatoms. The van der Waals surface area contributed by atoms with E-state index in [0.717, 1.165) is 0 Å². The van der Waals surface area contributed by atoms with E-state index in [9.17, 15) is 9.59 Å². The van der Waals surface area contributed by atoms with Gasteiger partial charge in [0, 0.05) is 0 Å². The van der Waals surface area contributed by atoms with Gasteiger partial charge in [-0.2, -0.15) is 0 Å². The third-order valence-electron chi connectivity index (χ3n) is 1.93. The molecule has 0 radical (unpaired) electrons. The number of carbonyl (C=O) groups excluding carboxylic acids is 2. The van der Waals surface area contributed by atoms with Crippen LogP contribution in [0.1, 0.15) is 38.1 Å². The van der Waals surface area contributed by atoms with E-state index in [2.05, 4.69) is 5.32 Å². The minimum absolute atomic E-state index is 0.218. The van der Waals surface area contributed by atoms with Crippen LogP contribution in [0.25, 0.3) is 0 Å². The number of Topliss-reactive ketones (excluding diaryl/α,β-unsaturated/α-hetero) is 1. The zero-order chi connectivity index (χ0) is 13.1. The van der Waals surface area contributed by atoms with E-state index < -0.39 is 17.7 Å². The molecule has 0 aliphatic rings. The summed E-state index contributed by atoms with van der Waals surface area (Å²) < 4.78 is 9.86. The number of carbonyl (C=O) groups is 2. The van der Waals surface area contributed by atoms with Crippen molar-refractivity contribution in [1.29, 1.82) is 0 Å². The van der Waals surface area contributed by atoms with Crippen LogP contribution in [0, 0.1) is 0 Å². The lowest BCUT2D eigenvalue weighted by Gasteiger charge is -2.21. The zero-order valence-corrected chi connectivity index (χ0v) is 10.4. The maximum absolute atomic E-state index is 11.8. The summed E-state index contributed by atoms with van der Waals surface area (Å²) in [5.74, 6) is -0.218. The highest BCUT2D eigenvalue weighted by molar-refractivity contribution is 6.00.